The maximum atomic E-state index is 6.31. The summed E-state index contributed by atoms with van der Waals surface area (Å²) in [5.41, 5.74) is 7.60. The summed E-state index contributed by atoms with van der Waals surface area (Å²) in [4.78, 5) is 0. The molecule has 2 N–H and O–H groups in total. The van der Waals surface area contributed by atoms with Crippen LogP contribution < -0.4 is 10.5 Å². The van der Waals surface area contributed by atoms with E-state index >= 15 is 0 Å². The zero-order valence-corrected chi connectivity index (χ0v) is 13.3. The fourth-order valence-electron chi connectivity index (χ4n) is 3.07. The fraction of sp³-hybridized carbons (Fsp3) is 0.625. The van der Waals surface area contributed by atoms with Gasteiger partial charge in [0.15, 0.2) is 0 Å². The maximum absolute atomic E-state index is 6.31. The molecule has 19 heavy (non-hydrogen) atoms. The van der Waals surface area contributed by atoms with Crippen LogP contribution in [0.5, 0.6) is 5.75 Å². The molecule has 1 fully saturated rings. The SMILES string of the molecule is COc1ccc(CC(N)CC2CCCCC2)cc1Br. The number of halogens is 1. The van der Waals surface area contributed by atoms with Crippen molar-refractivity contribution in [3.8, 4) is 5.75 Å². The highest BCUT2D eigenvalue weighted by Crippen LogP contribution is 2.29. The average molecular weight is 326 g/mol. The standard InChI is InChI=1S/C16H24BrNO/c1-19-16-8-7-13(11-15(16)17)10-14(18)9-12-5-3-2-4-6-12/h7-8,11-12,14H,2-6,9-10,18H2,1H3. The highest BCUT2D eigenvalue weighted by Gasteiger charge is 2.17. The monoisotopic (exact) mass is 325 g/mol. The number of rotatable bonds is 5. The summed E-state index contributed by atoms with van der Waals surface area (Å²) < 4.78 is 6.26. The van der Waals surface area contributed by atoms with Gasteiger partial charge in [-0.15, -0.1) is 0 Å². The van der Waals surface area contributed by atoms with E-state index in [0.717, 1.165) is 22.6 Å². The van der Waals surface area contributed by atoms with Crippen LogP contribution in [0.1, 0.15) is 44.1 Å². The van der Waals surface area contributed by atoms with E-state index in [-0.39, 0.29) is 6.04 Å². The summed E-state index contributed by atoms with van der Waals surface area (Å²) in [6.45, 7) is 0. The summed E-state index contributed by atoms with van der Waals surface area (Å²) in [5, 5.41) is 0. The van der Waals surface area contributed by atoms with Crippen LogP contribution in [0.3, 0.4) is 0 Å². The van der Waals surface area contributed by atoms with E-state index in [1.54, 1.807) is 7.11 Å². The quantitative estimate of drug-likeness (QED) is 0.876. The molecule has 0 radical (unpaired) electrons. The van der Waals surface area contributed by atoms with Crippen molar-refractivity contribution >= 4 is 15.9 Å². The molecule has 106 valence electrons. The number of methoxy groups -OCH3 is 1. The van der Waals surface area contributed by atoms with Gasteiger partial charge in [0.1, 0.15) is 5.75 Å². The van der Waals surface area contributed by atoms with Crippen LogP contribution in [0, 0.1) is 5.92 Å². The van der Waals surface area contributed by atoms with Gasteiger partial charge in [-0.25, -0.2) is 0 Å². The van der Waals surface area contributed by atoms with E-state index in [0.29, 0.717) is 0 Å². The summed E-state index contributed by atoms with van der Waals surface area (Å²) in [6, 6.07) is 6.53. The first-order chi connectivity index (χ1) is 9.19. The highest BCUT2D eigenvalue weighted by molar-refractivity contribution is 9.10. The van der Waals surface area contributed by atoms with Gasteiger partial charge in [-0.2, -0.15) is 0 Å². The maximum Gasteiger partial charge on any atom is 0.133 e. The number of hydrogen-bond acceptors (Lipinski definition) is 2. The fourth-order valence-corrected chi connectivity index (χ4v) is 3.66. The Morgan fingerprint density at radius 1 is 1.32 bits per heavy atom. The molecule has 1 atom stereocenters. The van der Waals surface area contributed by atoms with Crippen molar-refractivity contribution in [1.82, 2.24) is 0 Å². The van der Waals surface area contributed by atoms with Gasteiger partial charge in [-0.1, -0.05) is 38.2 Å². The predicted molar refractivity (Wildman–Crippen MR) is 83.6 cm³/mol. The van der Waals surface area contributed by atoms with Crippen LogP contribution in [-0.4, -0.2) is 13.2 Å². The first-order valence-electron chi connectivity index (χ1n) is 7.27. The number of ether oxygens (including phenoxy) is 1. The van der Waals surface area contributed by atoms with E-state index in [1.165, 1.54) is 44.1 Å². The lowest BCUT2D eigenvalue weighted by Crippen LogP contribution is -2.27. The molecule has 1 aliphatic rings. The van der Waals surface area contributed by atoms with Crippen molar-refractivity contribution in [1.29, 1.82) is 0 Å². The molecule has 1 aromatic rings. The van der Waals surface area contributed by atoms with Crippen molar-refractivity contribution in [3.63, 3.8) is 0 Å². The van der Waals surface area contributed by atoms with E-state index < -0.39 is 0 Å². The van der Waals surface area contributed by atoms with Gasteiger partial charge in [0, 0.05) is 6.04 Å². The largest absolute Gasteiger partial charge is 0.496 e. The van der Waals surface area contributed by atoms with Gasteiger partial charge >= 0.3 is 0 Å². The average Bonchev–Trinajstić information content (AvgIpc) is 2.40. The second-order valence-electron chi connectivity index (χ2n) is 5.67. The molecule has 1 unspecified atom stereocenters. The van der Waals surface area contributed by atoms with Crippen LogP contribution in [0.2, 0.25) is 0 Å². The summed E-state index contributed by atoms with van der Waals surface area (Å²) in [7, 11) is 1.69. The number of hydrogen-bond donors (Lipinski definition) is 1. The molecule has 2 rings (SSSR count). The molecule has 0 aliphatic heterocycles. The second kappa shape index (κ2) is 7.30. The van der Waals surface area contributed by atoms with E-state index in [2.05, 4.69) is 28.1 Å². The van der Waals surface area contributed by atoms with Crippen LogP contribution in [-0.2, 0) is 6.42 Å². The third kappa shape index (κ3) is 4.50. The molecular formula is C16H24BrNO. The minimum Gasteiger partial charge on any atom is -0.496 e. The van der Waals surface area contributed by atoms with E-state index in [1.807, 2.05) is 6.07 Å². The van der Waals surface area contributed by atoms with Crippen molar-refractivity contribution in [3.05, 3.63) is 28.2 Å². The van der Waals surface area contributed by atoms with E-state index in [9.17, 15) is 0 Å². The molecule has 3 heteroatoms. The lowest BCUT2D eigenvalue weighted by atomic mass is 9.84. The number of benzene rings is 1. The smallest absolute Gasteiger partial charge is 0.133 e. The molecule has 0 saturated heterocycles. The topological polar surface area (TPSA) is 35.2 Å². The Morgan fingerprint density at radius 2 is 2.05 bits per heavy atom. The third-order valence-electron chi connectivity index (χ3n) is 4.07. The first-order valence-corrected chi connectivity index (χ1v) is 8.06. The lowest BCUT2D eigenvalue weighted by molar-refractivity contribution is 0.316. The Labute approximate surface area is 124 Å². The molecule has 0 spiro atoms. The lowest BCUT2D eigenvalue weighted by Gasteiger charge is -2.24. The zero-order chi connectivity index (χ0) is 13.7. The Bertz CT molecular complexity index is 402. The summed E-state index contributed by atoms with van der Waals surface area (Å²) in [6.07, 6.45) is 9.08. The Hall–Kier alpha value is -0.540. The van der Waals surface area contributed by atoms with Crippen LogP contribution in [0.4, 0.5) is 0 Å². The molecule has 0 amide bonds. The minimum absolute atomic E-state index is 0.281. The third-order valence-corrected chi connectivity index (χ3v) is 4.69. The van der Waals surface area contributed by atoms with Crippen LogP contribution >= 0.6 is 15.9 Å². The van der Waals surface area contributed by atoms with Crippen LogP contribution in [0.25, 0.3) is 0 Å². The van der Waals surface area contributed by atoms with Gasteiger partial charge in [0.25, 0.3) is 0 Å². The molecule has 1 aromatic carbocycles. The molecule has 1 saturated carbocycles. The summed E-state index contributed by atoms with van der Waals surface area (Å²) in [5.74, 6) is 1.73. The molecule has 1 aliphatic carbocycles. The van der Waals surface area contributed by atoms with Crippen molar-refractivity contribution < 1.29 is 4.74 Å². The molecule has 0 heterocycles. The molecule has 0 aromatic heterocycles. The van der Waals surface area contributed by atoms with Crippen molar-refractivity contribution in [2.24, 2.45) is 11.7 Å². The Balaban J connectivity index is 1.87. The predicted octanol–water partition coefficient (Wildman–Crippen LogP) is 4.30. The zero-order valence-electron chi connectivity index (χ0n) is 11.7. The molecule has 2 nitrogen and oxygen atoms in total. The minimum atomic E-state index is 0.281. The van der Waals surface area contributed by atoms with Gasteiger partial charge in [0.2, 0.25) is 0 Å². The highest BCUT2D eigenvalue weighted by atomic mass is 79.9. The number of nitrogens with two attached hydrogens (primary N) is 1. The van der Waals surface area contributed by atoms with Crippen LogP contribution in [0.15, 0.2) is 22.7 Å². The van der Waals surface area contributed by atoms with Gasteiger partial charge in [-0.3, -0.25) is 0 Å². The van der Waals surface area contributed by atoms with E-state index in [4.69, 9.17) is 10.5 Å². The second-order valence-corrected chi connectivity index (χ2v) is 6.53. The molecular weight excluding hydrogens is 302 g/mol. The first kappa shape index (κ1) is 14.9. The molecule has 0 bridgehead atoms. The Kier molecular flexibility index (Phi) is 5.71. The van der Waals surface area contributed by atoms with Gasteiger partial charge in [0.05, 0.1) is 11.6 Å². The van der Waals surface area contributed by atoms with Crippen molar-refractivity contribution in [2.45, 2.75) is 51.0 Å². The normalized spacial score (nSPS) is 18.3. The Morgan fingerprint density at radius 3 is 2.68 bits per heavy atom. The summed E-state index contributed by atoms with van der Waals surface area (Å²) >= 11 is 3.53. The van der Waals surface area contributed by atoms with Gasteiger partial charge in [-0.05, 0) is 52.4 Å². The van der Waals surface area contributed by atoms with Crippen molar-refractivity contribution in [2.75, 3.05) is 7.11 Å². The van der Waals surface area contributed by atoms with Gasteiger partial charge < -0.3 is 10.5 Å².